The molecular formula is C19H30F3N5O. The zero-order chi connectivity index (χ0) is 20.4. The monoisotopic (exact) mass is 401 g/mol. The van der Waals surface area contributed by atoms with Gasteiger partial charge in [-0.15, -0.1) is 13.2 Å². The van der Waals surface area contributed by atoms with Crippen molar-refractivity contribution in [2.24, 2.45) is 4.99 Å². The first-order valence-corrected chi connectivity index (χ1v) is 9.64. The molecule has 0 radical (unpaired) electrons. The van der Waals surface area contributed by atoms with E-state index >= 15 is 0 Å². The van der Waals surface area contributed by atoms with Gasteiger partial charge in [-0.3, -0.25) is 0 Å². The summed E-state index contributed by atoms with van der Waals surface area (Å²) in [7, 11) is 2.14. The third kappa shape index (κ3) is 8.35. The lowest BCUT2D eigenvalue weighted by Gasteiger charge is -2.21. The molecule has 9 heteroatoms. The van der Waals surface area contributed by atoms with E-state index in [0.29, 0.717) is 18.1 Å². The maximum absolute atomic E-state index is 12.5. The smallest absolute Gasteiger partial charge is 0.405 e. The third-order valence-electron chi connectivity index (χ3n) is 4.48. The van der Waals surface area contributed by atoms with Crippen molar-refractivity contribution in [1.82, 2.24) is 20.4 Å². The average molecular weight is 401 g/mol. The van der Waals surface area contributed by atoms with Crippen LogP contribution in [0.2, 0.25) is 0 Å². The molecule has 6 nitrogen and oxygen atoms in total. The number of alkyl halides is 3. The fourth-order valence-electron chi connectivity index (χ4n) is 3.02. The van der Waals surface area contributed by atoms with Crippen LogP contribution in [0.4, 0.5) is 13.2 Å². The van der Waals surface area contributed by atoms with E-state index in [1.165, 1.54) is 12.1 Å². The van der Waals surface area contributed by atoms with Gasteiger partial charge in [0.25, 0.3) is 0 Å². The first-order valence-electron chi connectivity index (χ1n) is 9.64. The van der Waals surface area contributed by atoms with Crippen LogP contribution in [0.5, 0.6) is 5.75 Å². The van der Waals surface area contributed by atoms with Crippen molar-refractivity contribution in [3.8, 4) is 5.75 Å². The van der Waals surface area contributed by atoms with Crippen molar-refractivity contribution in [2.75, 3.05) is 52.9 Å². The van der Waals surface area contributed by atoms with E-state index in [-0.39, 0.29) is 12.3 Å². The molecule has 0 atom stereocenters. The number of rotatable bonds is 7. The molecule has 0 saturated carbocycles. The Bertz CT molecular complexity index is 624. The number of nitrogens with zero attached hydrogens (tertiary/aromatic N) is 3. The normalized spacial score (nSPS) is 17.2. The van der Waals surface area contributed by atoms with Crippen molar-refractivity contribution in [3.05, 3.63) is 29.8 Å². The maximum Gasteiger partial charge on any atom is 0.573 e. The van der Waals surface area contributed by atoms with Crippen LogP contribution in [0, 0.1) is 0 Å². The summed E-state index contributed by atoms with van der Waals surface area (Å²) in [6.07, 6.45) is -3.57. The van der Waals surface area contributed by atoms with Crippen molar-refractivity contribution in [2.45, 2.75) is 26.3 Å². The molecule has 28 heavy (non-hydrogen) atoms. The Balaban J connectivity index is 1.90. The fourth-order valence-corrected chi connectivity index (χ4v) is 3.02. The molecule has 1 aliphatic heterocycles. The molecular weight excluding hydrogens is 371 g/mol. The first-order chi connectivity index (χ1) is 13.4. The standard InChI is InChI=1S/C19H30F3N5O/c1-3-23-18(24-9-12-27-11-6-10-26(2)13-14-27)25-15-16-7-4-5-8-17(16)28-19(20,21)22/h4-5,7-8H,3,6,9-15H2,1-2H3,(H2,23,24,25). The van der Waals surface area contributed by atoms with Crippen LogP contribution in [-0.4, -0.2) is 75.0 Å². The van der Waals surface area contributed by atoms with Crippen molar-refractivity contribution >= 4 is 5.96 Å². The molecule has 1 aromatic carbocycles. The number of nitrogens with one attached hydrogen (secondary N) is 2. The van der Waals surface area contributed by atoms with Crippen LogP contribution < -0.4 is 15.4 Å². The van der Waals surface area contributed by atoms with Crippen LogP contribution in [0.1, 0.15) is 18.9 Å². The highest BCUT2D eigenvalue weighted by Gasteiger charge is 2.31. The second-order valence-electron chi connectivity index (χ2n) is 6.78. The molecule has 0 spiro atoms. The molecule has 0 aliphatic carbocycles. The number of para-hydroxylation sites is 1. The van der Waals surface area contributed by atoms with E-state index in [4.69, 9.17) is 0 Å². The summed E-state index contributed by atoms with van der Waals surface area (Å²) in [4.78, 5) is 9.15. The minimum atomic E-state index is -4.72. The van der Waals surface area contributed by atoms with Gasteiger partial charge < -0.3 is 25.2 Å². The fraction of sp³-hybridized carbons (Fsp3) is 0.632. The van der Waals surface area contributed by atoms with Gasteiger partial charge in [-0.25, -0.2) is 4.99 Å². The molecule has 0 amide bonds. The number of hydrogen-bond donors (Lipinski definition) is 2. The molecule has 1 saturated heterocycles. The lowest BCUT2D eigenvalue weighted by atomic mass is 10.2. The molecule has 1 aliphatic rings. The van der Waals surface area contributed by atoms with E-state index in [1.54, 1.807) is 12.1 Å². The Kier molecular flexibility index (Phi) is 8.85. The first kappa shape index (κ1) is 22.3. The summed E-state index contributed by atoms with van der Waals surface area (Å²) >= 11 is 0. The third-order valence-corrected chi connectivity index (χ3v) is 4.48. The van der Waals surface area contributed by atoms with Gasteiger partial charge in [-0.2, -0.15) is 0 Å². The van der Waals surface area contributed by atoms with E-state index in [1.807, 2.05) is 6.92 Å². The molecule has 1 heterocycles. The minimum Gasteiger partial charge on any atom is -0.405 e. The van der Waals surface area contributed by atoms with E-state index in [9.17, 15) is 13.2 Å². The molecule has 0 unspecified atom stereocenters. The summed E-state index contributed by atoms with van der Waals surface area (Å²) in [5, 5.41) is 6.38. The molecule has 2 rings (SSSR count). The van der Waals surface area contributed by atoms with Gasteiger partial charge in [0.1, 0.15) is 5.75 Å². The van der Waals surface area contributed by atoms with E-state index in [0.717, 1.165) is 45.7 Å². The van der Waals surface area contributed by atoms with E-state index in [2.05, 4.69) is 37.2 Å². The topological polar surface area (TPSA) is 52.1 Å². The highest BCUT2D eigenvalue weighted by Crippen LogP contribution is 2.26. The SMILES string of the molecule is CCNC(=NCc1ccccc1OC(F)(F)F)NCCN1CCCN(C)CC1. The Hall–Kier alpha value is -2.00. The zero-order valence-electron chi connectivity index (χ0n) is 16.6. The van der Waals surface area contributed by atoms with Crippen LogP contribution >= 0.6 is 0 Å². The quantitative estimate of drug-likeness (QED) is 0.542. The number of benzene rings is 1. The second-order valence-corrected chi connectivity index (χ2v) is 6.78. The van der Waals surface area contributed by atoms with Gasteiger partial charge >= 0.3 is 6.36 Å². The van der Waals surface area contributed by atoms with Crippen molar-refractivity contribution < 1.29 is 17.9 Å². The Morgan fingerprint density at radius 1 is 1.14 bits per heavy atom. The highest BCUT2D eigenvalue weighted by atomic mass is 19.4. The summed E-state index contributed by atoms with van der Waals surface area (Å²) in [5.74, 6) is 0.361. The predicted octanol–water partition coefficient (Wildman–Crippen LogP) is 2.28. The molecule has 1 fully saturated rings. The number of ether oxygens (including phenoxy) is 1. The number of hydrogen-bond acceptors (Lipinski definition) is 4. The largest absolute Gasteiger partial charge is 0.573 e. The Morgan fingerprint density at radius 2 is 1.93 bits per heavy atom. The lowest BCUT2D eigenvalue weighted by molar-refractivity contribution is -0.274. The highest BCUT2D eigenvalue weighted by molar-refractivity contribution is 5.79. The molecule has 2 N–H and O–H groups in total. The van der Waals surface area contributed by atoms with Gasteiger partial charge in [0.05, 0.1) is 6.54 Å². The molecule has 1 aromatic rings. The van der Waals surface area contributed by atoms with Gasteiger partial charge in [-0.05, 0) is 39.5 Å². The van der Waals surface area contributed by atoms with Gasteiger partial charge in [-0.1, -0.05) is 18.2 Å². The van der Waals surface area contributed by atoms with E-state index < -0.39 is 6.36 Å². The molecule has 0 aromatic heterocycles. The zero-order valence-corrected chi connectivity index (χ0v) is 16.6. The second kappa shape index (κ2) is 11.1. The number of likely N-dealkylation sites (N-methyl/N-ethyl adjacent to an activating group) is 1. The Labute approximate surface area is 164 Å². The number of aliphatic imine (C=N–C) groups is 1. The number of halogens is 3. The lowest BCUT2D eigenvalue weighted by Crippen LogP contribution is -2.42. The average Bonchev–Trinajstić information content (AvgIpc) is 2.84. The van der Waals surface area contributed by atoms with Crippen LogP contribution in [0.25, 0.3) is 0 Å². The van der Waals surface area contributed by atoms with Crippen LogP contribution in [0.15, 0.2) is 29.3 Å². The Morgan fingerprint density at radius 3 is 2.68 bits per heavy atom. The minimum absolute atomic E-state index is 0.0933. The van der Waals surface area contributed by atoms with Crippen molar-refractivity contribution in [3.63, 3.8) is 0 Å². The number of guanidine groups is 1. The van der Waals surface area contributed by atoms with Gasteiger partial charge in [0, 0.05) is 38.3 Å². The van der Waals surface area contributed by atoms with Crippen molar-refractivity contribution in [1.29, 1.82) is 0 Å². The van der Waals surface area contributed by atoms with Gasteiger partial charge in [0.15, 0.2) is 5.96 Å². The summed E-state index contributed by atoms with van der Waals surface area (Å²) < 4.78 is 41.7. The van der Waals surface area contributed by atoms with Gasteiger partial charge in [0.2, 0.25) is 0 Å². The predicted molar refractivity (Wildman–Crippen MR) is 104 cm³/mol. The molecule has 158 valence electrons. The van der Waals surface area contributed by atoms with Crippen LogP contribution in [0.3, 0.4) is 0 Å². The summed E-state index contributed by atoms with van der Waals surface area (Å²) in [5.41, 5.74) is 0.382. The molecule has 0 bridgehead atoms. The maximum atomic E-state index is 12.5. The summed E-state index contributed by atoms with van der Waals surface area (Å²) in [6.45, 7) is 8.61. The summed E-state index contributed by atoms with van der Waals surface area (Å²) in [6, 6.07) is 6.07. The van der Waals surface area contributed by atoms with Crippen LogP contribution in [-0.2, 0) is 6.54 Å².